The van der Waals surface area contributed by atoms with E-state index in [2.05, 4.69) is 6.92 Å². The smallest absolute Gasteiger partial charge is 0.246 e. The Morgan fingerprint density at radius 1 is 1.15 bits per heavy atom. The van der Waals surface area contributed by atoms with E-state index >= 15 is 0 Å². The number of sulfonamides is 1. The summed E-state index contributed by atoms with van der Waals surface area (Å²) in [7, 11) is -3.44. The van der Waals surface area contributed by atoms with Crippen molar-refractivity contribution in [2.45, 2.75) is 57.4 Å². The molecule has 1 aromatic rings. The Morgan fingerprint density at radius 2 is 1.81 bits per heavy atom. The summed E-state index contributed by atoms with van der Waals surface area (Å²) in [6, 6.07) is 7.03. The first-order chi connectivity index (χ1) is 12.4. The van der Waals surface area contributed by atoms with E-state index in [0.29, 0.717) is 19.1 Å². The molecule has 0 spiro atoms. The van der Waals surface area contributed by atoms with Gasteiger partial charge in [-0.3, -0.25) is 4.79 Å². The van der Waals surface area contributed by atoms with Gasteiger partial charge in [-0.2, -0.15) is 4.31 Å². The van der Waals surface area contributed by atoms with Crippen molar-refractivity contribution >= 4 is 22.0 Å². The zero-order valence-electron chi connectivity index (χ0n) is 16.0. The lowest BCUT2D eigenvalue weighted by atomic mass is 10.00. The number of carbonyl (C=O) groups excluding carboxylic acids is 1. The minimum Gasteiger partial charge on any atom is -0.336 e. The summed E-state index contributed by atoms with van der Waals surface area (Å²) in [5.74, 6) is 0.0383. The molecule has 2 rings (SSSR count). The lowest BCUT2D eigenvalue weighted by Gasteiger charge is -2.34. The van der Waals surface area contributed by atoms with Gasteiger partial charge in [0.25, 0.3) is 0 Å². The van der Waals surface area contributed by atoms with Gasteiger partial charge < -0.3 is 4.90 Å². The lowest BCUT2D eigenvalue weighted by molar-refractivity contribution is -0.129. The van der Waals surface area contributed by atoms with Crippen LogP contribution in [0.4, 0.5) is 0 Å². The summed E-state index contributed by atoms with van der Waals surface area (Å²) in [5.41, 5.74) is 0.821. The molecule has 0 bridgehead atoms. The summed E-state index contributed by atoms with van der Waals surface area (Å²) in [4.78, 5) is 14.7. The molecule has 0 N–H and O–H groups in total. The maximum atomic E-state index is 12.5. The maximum absolute atomic E-state index is 12.5. The molecule has 1 aromatic carbocycles. The van der Waals surface area contributed by atoms with Crippen LogP contribution < -0.4 is 0 Å². The third-order valence-corrected chi connectivity index (χ3v) is 7.09. The molecule has 1 fully saturated rings. The number of benzene rings is 1. The fraction of sp³-hybridized carbons (Fsp3) is 0.550. The SMILES string of the molecule is CCC1CCCCN1C(=O)C=Cc1ccc(S(=O)(=O)N(CC)CC)cc1. The minimum absolute atomic E-state index is 0.0383. The molecule has 1 aliphatic rings. The second-order valence-corrected chi connectivity index (χ2v) is 8.52. The molecular formula is C20H30N2O3S. The van der Waals surface area contributed by atoms with Crippen molar-refractivity contribution in [1.82, 2.24) is 9.21 Å². The molecule has 1 amide bonds. The largest absolute Gasteiger partial charge is 0.336 e. The van der Waals surface area contributed by atoms with E-state index in [1.807, 2.05) is 18.7 Å². The molecule has 1 unspecified atom stereocenters. The highest BCUT2D eigenvalue weighted by Crippen LogP contribution is 2.20. The van der Waals surface area contributed by atoms with Crippen molar-refractivity contribution < 1.29 is 13.2 Å². The van der Waals surface area contributed by atoms with Crippen LogP contribution in [0.5, 0.6) is 0 Å². The van der Waals surface area contributed by atoms with Gasteiger partial charge in [0.15, 0.2) is 0 Å². The molecule has 0 aliphatic carbocycles. The summed E-state index contributed by atoms with van der Waals surface area (Å²) >= 11 is 0. The van der Waals surface area contributed by atoms with Crippen molar-refractivity contribution in [3.05, 3.63) is 35.9 Å². The predicted molar refractivity (Wildman–Crippen MR) is 105 cm³/mol. The highest BCUT2D eigenvalue weighted by Gasteiger charge is 2.24. The molecule has 5 nitrogen and oxygen atoms in total. The number of piperidine rings is 1. The van der Waals surface area contributed by atoms with E-state index in [4.69, 9.17) is 0 Å². The van der Waals surface area contributed by atoms with Crippen LogP contribution in [0.1, 0.15) is 52.0 Å². The first kappa shape index (κ1) is 20.6. The molecule has 1 aliphatic heterocycles. The number of amides is 1. The molecule has 26 heavy (non-hydrogen) atoms. The summed E-state index contributed by atoms with van der Waals surface area (Å²) in [5, 5.41) is 0. The third kappa shape index (κ3) is 4.74. The van der Waals surface area contributed by atoms with Crippen LogP contribution in [0.2, 0.25) is 0 Å². The monoisotopic (exact) mass is 378 g/mol. The highest BCUT2D eigenvalue weighted by molar-refractivity contribution is 7.89. The number of likely N-dealkylation sites (tertiary alicyclic amines) is 1. The van der Waals surface area contributed by atoms with Crippen LogP contribution in [-0.2, 0) is 14.8 Å². The van der Waals surface area contributed by atoms with Crippen LogP contribution in [0.3, 0.4) is 0 Å². The van der Waals surface area contributed by atoms with E-state index in [1.165, 1.54) is 10.7 Å². The average molecular weight is 379 g/mol. The van der Waals surface area contributed by atoms with Crippen LogP contribution >= 0.6 is 0 Å². The minimum atomic E-state index is -3.44. The Labute approximate surface area is 157 Å². The van der Waals surface area contributed by atoms with E-state index in [-0.39, 0.29) is 10.8 Å². The van der Waals surface area contributed by atoms with E-state index in [9.17, 15) is 13.2 Å². The van der Waals surface area contributed by atoms with Crippen LogP contribution in [0.25, 0.3) is 6.08 Å². The number of hydrogen-bond acceptors (Lipinski definition) is 3. The summed E-state index contributed by atoms with van der Waals surface area (Å²) < 4.78 is 26.4. The molecule has 144 valence electrons. The highest BCUT2D eigenvalue weighted by atomic mass is 32.2. The van der Waals surface area contributed by atoms with Gasteiger partial charge in [-0.1, -0.05) is 32.9 Å². The Kier molecular flexibility index (Phi) is 7.41. The van der Waals surface area contributed by atoms with Gasteiger partial charge in [0.05, 0.1) is 4.90 Å². The number of carbonyl (C=O) groups is 1. The summed E-state index contributed by atoms with van der Waals surface area (Å²) in [6.07, 6.45) is 7.67. The van der Waals surface area contributed by atoms with E-state index in [1.54, 1.807) is 36.4 Å². The van der Waals surface area contributed by atoms with E-state index < -0.39 is 10.0 Å². The molecule has 0 saturated carbocycles. The summed E-state index contributed by atoms with van der Waals surface area (Å²) in [6.45, 7) is 7.49. The van der Waals surface area contributed by atoms with Gasteiger partial charge in [0, 0.05) is 31.8 Å². The Morgan fingerprint density at radius 3 is 2.38 bits per heavy atom. The third-order valence-electron chi connectivity index (χ3n) is 5.02. The Hall–Kier alpha value is -1.66. The van der Waals surface area contributed by atoms with Crippen molar-refractivity contribution in [1.29, 1.82) is 0 Å². The van der Waals surface area contributed by atoms with E-state index in [0.717, 1.165) is 31.4 Å². The molecule has 1 atom stereocenters. The van der Waals surface area contributed by atoms with Crippen LogP contribution in [0, 0.1) is 0 Å². The number of hydrogen-bond donors (Lipinski definition) is 0. The molecular weight excluding hydrogens is 348 g/mol. The van der Waals surface area contributed by atoms with Crippen molar-refractivity contribution in [2.75, 3.05) is 19.6 Å². The van der Waals surface area contributed by atoms with Gasteiger partial charge in [-0.05, 0) is 49.5 Å². The molecule has 0 aromatic heterocycles. The fourth-order valence-electron chi connectivity index (χ4n) is 3.44. The van der Waals surface area contributed by atoms with Crippen molar-refractivity contribution in [3.63, 3.8) is 0 Å². The molecule has 0 radical (unpaired) electrons. The molecule has 1 heterocycles. The normalized spacial score (nSPS) is 18.6. The van der Waals surface area contributed by atoms with Crippen LogP contribution in [0.15, 0.2) is 35.2 Å². The van der Waals surface area contributed by atoms with Gasteiger partial charge in [-0.15, -0.1) is 0 Å². The van der Waals surface area contributed by atoms with Gasteiger partial charge >= 0.3 is 0 Å². The van der Waals surface area contributed by atoms with Gasteiger partial charge in [0.2, 0.25) is 15.9 Å². The number of nitrogens with zero attached hydrogens (tertiary/aromatic N) is 2. The Bertz CT molecular complexity index is 722. The van der Waals surface area contributed by atoms with Crippen molar-refractivity contribution in [2.24, 2.45) is 0 Å². The number of rotatable bonds is 7. The average Bonchev–Trinajstić information content (AvgIpc) is 2.67. The standard InChI is InChI=1S/C20H30N2O3S/c1-4-18-9-7-8-16-22(18)20(23)15-12-17-10-13-19(14-11-17)26(24,25)21(5-2)6-3/h10-15,18H,4-9,16H2,1-3H3. The van der Waals surface area contributed by atoms with Gasteiger partial charge in [0.1, 0.15) is 0 Å². The van der Waals surface area contributed by atoms with Crippen LogP contribution in [-0.4, -0.2) is 49.2 Å². The second-order valence-electron chi connectivity index (χ2n) is 6.58. The molecule has 1 saturated heterocycles. The zero-order valence-corrected chi connectivity index (χ0v) is 16.8. The van der Waals surface area contributed by atoms with Crippen molar-refractivity contribution in [3.8, 4) is 0 Å². The lowest BCUT2D eigenvalue weighted by Crippen LogP contribution is -2.42. The second kappa shape index (κ2) is 9.33. The first-order valence-electron chi connectivity index (χ1n) is 9.52. The fourth-order valence-corrected chi connectivity index (χ4v) is 4.90. The Balaban J connectivity index is 2.09. The molecule has 6 heteroatoms. The quantitative estimate of drug-likeness (QED) is 0.682. The first-order valence-corrected chi connectivity index (χ1v) is 11.0. The zero-order chi connectivity index (χ0) is 19.2. The maximum Gasteiger partial charge on any atom is 0.246 e. The predicted octanol–water partition coefficient (Wildman–Crippen LogP) is 3.52. The topological polar surface area (TPSA) is 57.7 Å². The van der Waals surface area contributed by atoms with Gasteiger partial charge in [-0.25, -0.2) is 8.42 Å².